The van der Waals surface area contributed by atoms with Crippen LogP contribution in [-0.4, -0.2) is 41.9 Å². The van der Waals surface area contributed by atoms with Gasteiger partial charge in [0.05, 0.1) is 37.4 Å². The van der Waals surface area contributed by atoms with Crippen LogP contribution < -0.4 is 19.5 Å². The Hall–Kier alpha value is -5.19. The number of carbonyl (C=O) groups is 1. The van der Waals surface area contributed by atoms with Gasteiger partial charge in [0.15, 0.2) is 23.1 Å². The molecule has 3 aromatic heterocycles. The molecule has 1 aromatic carbocycles. The summed E-state index contributed by atoms with van der Waals surface area (Å²) >= 11 is 0. The minimum absolute atomic E-state index is 0.104. The Balaban J connectivity index is 1.57. The zero-order valence-electron chi connectivity index (χ0n) is 21.6. The van der Waals surface area contributed by atoms with Gasteiger partial charge >= 0.3 is 0 Å². The molecular formula is C28H25FN4O6. The van der Waals surface area contributed by atoms with Crippen LogP contribution in [0.25, 0.3) is 17.1 Å². The number of carbonyl (C=O) groups excluding carboxylic acids is 1. The van der Waals surface area contributed by atoms with E-state index >= 15 is 4.39 Å². The second-order valence-electron chi connectivity index (χ2n) is 8.04. The number of nitrogens with one attached hydrogen (secondary N) is 1. The van der Waals surface area contributed by atoms with Crippen molar-refractivity contribution in [2.75, 3.05) is 19.5 Å². The van der Waals surface area contributed by atoms with Crippen molar-refractivity contribution in [2.45, 2.75) is 13.8 Å². The third-order valence-corrected chi connectivity index (χ3v) is 5.68. The van der Waals surface area contributed by atoms with Crippen molar-refractivity contribution in [1.29, 1.82) is 0 Å². The van der Waals surface area contributed by atoms with Crippen LogP contribution in [0.4, 0.5) is 15.8 Å². The van der Waals surface area contributed by atoms with Crippen LogP contribution in [-0.2, 0) is 0 Å². The van der Waals surface area contributed by atoms with Crippen LogP contribution in [0, 0.1) is 12.7 Å². The van der Waals surface area contributed by atoms with E-state index in [-0.39, 0.29) is 40.1 Å². The lowest BCUT2D eigenvalue weighted by molar-refractivity contribution is 0.102. The average molecular weight is 533 g/mol. The smallest absolute Gasteiger partial charge is 0.261 e. The molecule has 0 aliphatic heterocycles. The lowest BCUT2D eigenvalue weighted by Crippen LogP contribution is -2.13. The summed E-state index contributed by atoms with van der Waals surface area (Å²) in [6.45, 7) is 6.91. The Kier molecular flexibility index (Phi) is 7.90. The summed E-state index contributed by atoms with van der Waals surface area (Å²) in [6, 6.07) is 8.75. The molecule has 10 nitrogen and oxygen atoms in total. The first-order chi connectivity index (χ1) is 18.8. The quantitative estimate of drug-likeness (QED) is 0.200. The predicted molar refractivity (Wildman–Crippen MR) is 144 cm³/mol. The van der Waals surface area contributed by atoms with Crippen LogP contribution in [0.15, 0.2) is 64.3 Å². The van der Waals surface area contributed by atoms with E-state index in [4.69, 9.17) is 18.6 Å². The number of anilines is 1. The predicted octanol–water partition coefficient (Wildman–Crippen LogP) is 5.93. The molecule has 0 fully saturated rings. The highest BCUT2D eigenvalue weighted by Gasteiger charge is 2.22. The molecule has 200 valence electrons. The van der Waals surface area contributed by atoms with Gasteiger partial charge in [-0.05, 0) is 50.9 Å². The number of aliphatic imine (C=N–C) groups is 1. The summed E-state index contributed by atoms with van der Waals surface area (Å²) in [5.74, 6) is -0.806. The van der Waals surface area contributed by atoms with Gasteiger partial charge in [0.25, 0.3) is 11.8 Å². The second-order valence-corrected chi connectivity index (χ2v) is 8.04. The van der Waals surface area contributed by atoms with Gasteiger partial charge in [-0.3, -0.25) is 14.8 Å². The van der Waals surface area contributed by atoms with Crippen molar-refractivity contribution in [3.63, 3.8) is 0 Å². The molecule has 0 saturated carbocycles. The molecule has 4 aromatic rings. The molecule has 39 heavy (non-hydrogen) atoms. The highest BCUT2D eigenvalue weighted by molar-refractivity contribution is 6.07. The van der Waals surface area contributed by atoms with Crippen molar-refractivity contribution >= 4 is 29.8 Å². The molecule has 1 amide bonds. The number of hydrogen-bond acceptors (Lipinski definition) is 9. The van der Waals surface area contributed by atoms with Gasteiger partial charge in [0, 0.05) is 24.0 Å². The van der Waals surface area contributed by atoms with Crippen molar-refractivity contribution in [1.82, 2.24) is 9.97 Å². The lowest BCUT2D eigenvalue weighted by atomic mass is 10.1. The van der Waals surface area contributed by atoms with E-state index in [9.17, 15) is 9.90 Å². The largest absolute Gasteiger partial charge is 0.506 e. The molecule has 0 saturated heterocycles. The third-order valence-electron chi connectivity index (χ3n) is 5.68. The summed E-state index contributed by atoms with van der Waals surface area (Å²) < 4.78 is 36.7. The number of furan rings is 1. The van der Waals surface area contributed by atoms with Crippen LogP contribution in [0.1, 0.15) is 28.7 Å². The second kappa shape index (κ2) is 11.5. The molecular weight excluding hydrogens is 507 g/mol. The minimum Gasteiger partial charge on any atom is -0.506 e. The van der Waals surface area contributed by atoms with Gasteiger partial charge in [-0.25, -0.2) is 9.37 Å². The fraction of sp³-hybridized carbons (Fsp3) is 0.143. The highest BCUT2D eigenvalue weighted by atomic mass is 19.1. The summed E-state index contributed by atoms with van der Waals surface area (Å²) in [4.78, 5) is 25.4. The number of benzene rings is 1. The first-order valence-corrected chi connectivity index (χ1v) is 11.6. The van der Waals surface area contributed by atoms with E-state index in [0.29, 0.717) is 28.5 Å². The molecule has 0 radical (unpaired) electrons. The van der Waals surface area contributed by atoms with E-state index in [1.54, 1.807) is 38.1 Å². The maximum Gasteiger partial charge on any atom is 0.261 e. The summed E-state index contributed by atoms with van der Waals surface area (Å²) in [5.41, 5.74) is 1.39. The molecule has 0 atom stereocenters. The van der Waals surface area contributed by atoms with E-state index in [0.717, 1.165) is 6.07 Å². The van der Waals surface area contributed by atoms with E-state index in [2.05, 4.69) is 27.0 Å². The number of aromatic hydroxyl groups is 1. The summed E-state index contributed by atoms with van der Waals surface area (Å²) in [7, 11) is 2.90. The van der Waals surface area contributed by atoms with Gasteiger partial charge in [-0.15, -0.1) is 0 Å². The van der Waals surface area contributed by atoms with E-state index in [1.807, 2.05) is 0 Å². The Bertz CT molecular complexity index is 1570. The fourth-order valence-corrected chi connectivity index (χ4v) is 3.76. The van der Waals surface area contributed by atoms with Gasteiger partial charge in [-0.1, -0.05) is 0 Å². The van der Waals surface area contributed by atoms with Crippen molar-refractivity contribution in [2.24, 2.45) is 4.99 Å². The van der Waals surface area contributed by atoms with Gasteiger partial charge < -0.3 is 29.1 Å². The van der Waals surface area contributed by atoms with Crippen molar-refractivity contribution in [3.05, 3.63) is 77.7 Å². The number of rotatable bonds is 9. The molecule has 2 N–H and O–H groups in total. The first kappa shape index (κ1) is 26.9. The van der Waals surface area contributed by atoms with Crippen LogP contribution >= 0.6 is 0 Å². The molecule has 0 bridgehead atoms. The number of aromatic nitrogens is 2. The third kappa shape index (κ3) is 5.42. The number of pyridine rings is 2. The molecule has 11 heteroatoms. The standard InChI is InChI=1S/C28H25FN4O6/c1-6-20(25-19(30-3)13-23(36-4)28(33-25)37-5)39-21-10-9-16(12-18(21)29)32-27(35)17-14-31-15(2)24(26(17)34)22-8-7-11-38-22/h6-14H,3H2,1-2,4-5H3,(H,31,34)(H,32,35)/b20-6+. The number of methoxy groups -OCH3 is 2. The zero-order chi connectivity index (χ0) is 28.1. The first-order valence-electron chi connectivity index (χ1n) is 11.6. The summed E-state index contributed by atoms with van der Waals surface area (Å²) in [6.07, 6.45) is 4.27. The normalized spacial score (nSPS) is 11.2. The summed E-state index contributed by atoms with van der Waals surface area (Å²) in [5, 5.41) is 13.3. The zero-order valence-corrected chi connectivity index (χ0v) is 21.6. The van der Waals surface area contributed by atoms with Crippen LogP contribution in [0.3, 0.4) is 0 Å². The maximum absolute atomic E-state index is 15.1. The SMILES string of the molecule is C=Nc1cc(OC)c(OC)nc1/C(=C\C)Oc1ccc(NC(=O)c2cnc(C)c(-c3ccco3)c2O)cc1F. The van der Waals surface area contributed by atoms with Crippen LogP contribution in [0.2, 0.25) is 0 Å². The van der Waals surface area contributed by atoms with Crippen LogP contribution in [0.5, 0.6) is 23.1 Å². The van der Waals surface area contributed by atoms with E-state index in [1.165, 1.54) is 38.8 Å². The monoisotopic (exact) mass is 532 g/mol. The maximum atomic E-state index is 15.1. The molecule has 0 unspecified atom stereocenters. The number of nitrogens with zero attached hydrogens (tertiary/aromatic N) is 3. The molecule has 0 spiro atoms. The topological polar surface area (TPSA) is 128 Å². The number of ether oxygens (including phenoxy) is 3. The van der Waals surface area contributed by atoms with Crippen molar-refractivity contribution in [3.8, 4) is 34.5 Å². The lowest BCUT2D eigenvalue weighted by Gasteiger charge is -2.15. The van der Waals surface area contributed by atoms with Gasteiger partial charge in [-0.2, -0.15) is 0 Å². The minimum atomic E-state index is -0.761. The number of allylic oxidation sites excluding steroid dienone is 1. The Morgan fingerprint density at radius 1 is 1.21 bits per heavy atom. The Morgan fingerprint density at radius 3 is 2.62 bits per heavy atom. The number of hydrogen-bond donors (Lipinski definition) is 2. The number of aryl methyl sites for hydroxylation is 1. The molecule has 3 heterocycles. The molecule has 4 rings (SSSR count). The van der Waals surface area contributed by atoms with Gasteiger partial charge in [0.2, 0.25) is 0 Å². The Labute approximate surface area is 223 Å². The van der Waals surface area contributed by atoms with Gasteiger partial charge in [0.1, 0.15) is 22.8 Å². The molecule has 0 aliphatic rings. The number of amides is 1. The Morgan fingerprint density at radius 2 is 2.00 bits per heavy atom. The molecule has 0 aliphatic carbocycles. The highest BCUT2D eigenvalue weighted by Crippen LogP contribution is 2.37. The fourth-order valence-electron chi connectivity index (χ4n) is 3.76. The van der Waals surface area contributed by atoms with E-state index < -0.39 is 11.7 Å². The van der Waals surface area contributed by atoms with Crippen molar-refractivity contribution < 1.29 is 32.9 Å². The number of halogens is 1. The average Bonchev–Trinajstić information content (AvgIpc) is 3.46.